The van der Waals surface area contributed by atoms with Crippen LogP contribution in [0.5, 0.6) is 0 Å². The lowest BCUT2D eigenvalue weighted by molar-refractivity contribution is -0.121. The Morgan fingerprint density at radius 1 is 1.44 bits per heavy atom. The molecule has 5 nitrogen and oxygen atoms in total. The number of aryl methyl sites for hydroxylation is 1. The average Bonchev–Trinajstić information content (AvgIpc) is 3.00. The van der Waals surface area contributed by atoms with Gasteiger partial charge in [0.15, 0.2) is 0 Å². The van der Waals surface area contributed by atoms with Crippen LogP contribution in [0.3, 0.4) is 0 Å². The number of carbonyl (C=O) groups excluding carboxylic acids is 1. The molecule has 0 spiro atoms. The fourth-order valence-corrected chi connectivity index (χ4v) is 3.70. The maximum absolute atomic E-state index is 12.0. The van der Waals surface area contributed by atoms with E-state index in [1.165, 1.54) is 19.3 Å². The van der Waals surface area contributed by atoms with Gasteiger partial charge in [-0.05, 0) is 57.5 Å². The van der Waals surface area contributed by atoms with Gasteiger partial charge in [-0.2, -0.15) is 0 Å². The van der Waals surface area contributed by atoms with E-state index in [-0.39, 0.29) is 5.91 Å². The van der Waals surface area contributed by atoms with E-state index in [0.717, 1.165) is 42.7 Å². The van der Waals surface area contributed by atoms with Gasteiger partial charge in [-0.1, -0.05) is 18.0 Å². The maximum Gasteiger partial charge on any atom is 0.220 e. The molecule has 0 saturated carbocycles. The summed E-state index contributed by atoms with van der Waals surface area (Å²) in [7, 11) is 2.17. The molecule has 1 fully saturated rings. The Labute approximate surface area is 154 Å². The number of imidazole rings is 1. The van der Waals surface area contributed by atoms with Crippen molar-refractivity contribution in [1.82, 2.24) is 20.2 Å². The number of hydrogen-bond donors (Lipinski definition) is 2. The number of benzene rings is 1. The predicted molar refractivity (Wildman–Crippen MR) is 102 cm³/mol. The first kappa shape index (κ1) is 18.2. The fraction of sp³-hybridized carbons (Fsp3) is 0.579. The van der Waals surface area contributed by atoms with E-state index in [1.54, 1.807) is 0 Å². The molecule has 2 aromatic rings. The normalized spacial score (nSPS) is 18.6. The van der Waals surface area contributed by atoms with Crippen LogP contribution in [-0.2, 0) is 11.2 Å². The number of halogens is 1. The summed E-state index contributed by atoms with van der Waals surface area (Å²) in [6, 6.07) is 6.22. The Morgan fingerprint density at radius 2 is 2.32 bits per heavy atom. The van der Waals surface area contributed by atoms with Gasteiger partial charge < -0.3 is 15.2 Å². The molecule has 1 amide bonds. The summed E-state index contributed by atoms with van der Waals surface area (Å²) in [5.74, 6) is 1.10. The van der Waals surface area contributed by atoms with E-state index < -0.39 is 0 Å². The van der Waals surface area contributed by atoms with Crippen molar-refractivity contribution in [1.29, 1.82) is 0 Å². The van der Waals surface area contributed by atoms with Gasteiger partial charge in [0.25, 0.3) is 0 Å². The van der Waals surface area contributed by atoms with Crippen LogP contribution in [0, 0.1) is 0 Å². The largest absolute Gasteiger partial charge is 0.356 e. The first-order valence-electron chi connectivity index (χ1n) is 9.23. The monoisotopic (exact) mass is 362 g/mol. The molecule has 136 valence electrons. The molecule has 1 atom stereocenters. The summed E-state index contributed by atoms with van der Waals surface area (Å²) < 4.78 is 0. The number of aromatic amines is 1. The molecule has 1 aromatic heterocycles. The van der Waals surface area contributed by atoms with Crippen molar-refractivity contribution in [3.05, 3.63) is 29.0 Å². The zero-order chi connectivity index (χ0) is 17.6. The number of piperidine rings is 1. The second kappa shape index (κ2) is 8.68. The highest BCUT2D eigenvalue weighted by Gasteiger charge is 2.19. The van der Waals surface area contributed by atoms with Gasteiger partial charge in [0, 0.05) is 30.5 Å². The Morgan fingerprint density at radius 3 is 3.16 bits per heavy atom. The van der Waals surface area contributed by atoms with Crippen LogP contribution in [0.2, 0.25) is 5.02 Å². The molecule has 0 unspecified atom stereocenters. The van der Waals surface area contributed by atoms with Crippen LogP contribution in [0.15, 0.2) is 18.2 Å². The molecule has 1 aromatic carbocycles. The van der Waals surface area contributed by atoms with Gasteiger partial charge in [-0.15, -0.1) is 0 Å². The first-order valence-corrected chi connectivity index (χ1v) is 9.61. The van der Waals surface area contributed by atoms with Crippen molar-refractivity contribution in [2.75, 3.05) is 20.1 Å². The third-order valence-electron chi connectivity index (χ3n) is 5.03. The summed E-state index contributed by atoms with van der Waals surface area (Å²) in [5, 5.41) is 3.74. The van der Waals surface area contributed by atoms with Crippen molar-refractivity contribution in [2.24, 2.45) is 0 Å². The third kappa shape index (κ3) is 5.19. The van der Waals surface area contributed by atoms with Crippen molar-refractivity contribution in [3.8, 4) is 0 Å². The van der Waals surface area contributed by atoms with E-state index in [1.807, 2.05) is 18.2 Å². The average molecular weight is 363 g/mol. The maximum atomic E-state index is 12.0. The molecule has 2 N–H and O–H groups in total. The van der Waals surface area contributed by atoms with E-state index in [9.17, 15) is 4.79 Å². The summed E-state index contributed by atoms with van der Waals surface area (Å²) in [6.07, 6.45) is 7.08. The van der Waals surface area contributed by atoms with Gasteiger partial charge in [-0.3, -0.25) is 4.79 Å². The topological polar surface area (TPSA) is 61.0 Å². The first-order chi connectivity index (χ1) is 12.1. The number of fused-ring (bicyclic) bond motifs is 1. The van der Waals surface area contributed by atoms with E-state index in [2.05, 4.69) is 27.2 Å². The van der Waals surface area contributed by atoms with Crippen LogP contribution >= 0.6 is 11.6 Å². The smallest absolute Gasteiger partial charge is 0.220 e. The number of rotatable bonds is 7. The zero-order valence-electron chi connectivity index (χ0n) is 14.9. The number of H-pyrrole nitrogens is 1. The van der Waals surface area contributed by atoms with Crippen molar-refractivity contribution in [2.45, 2.75) is 51.0 Å². The van der Waals surface area contributed by atoms with Crippen molar-refractivity contribution in [3.63, 3.8) is 0 Å². The van der Waals surface area contributed by atoms with E-state index in [4.69, 9.17) is 11.6 Å². The molecule has 25 heavy (non-hydrogen) atoms. The number of aromatic nitrogens is 2. The number of likely N-dealkylation sites (tertiary alicyclic amines) is 1. The Balaban J connectivity index is 1.35. The number of nitrogens with one attached hydrogen (secondary N) is 2. The lowest BCUT2D eigenvalue weighted by atomic mass is 9.98. The van der Waals surface area contributed by atoms with Crippen LogP contribution < -0.4 is 5.32 Å². The minimum Gasteiger partial charge on any atom is -0.356 e. The molecule has 3 rings (SSSR count). The van der Waals surface area contributed by atoms with E-state index in [0.29, 0.717) is 24.0 Å². The Bertz CT molecular complexity index is 715. The lowest BCUT2D eigenvalue weighted by Gasteiger charge is -2.32. The molecule has 1 aliphatic rings. The second-order valence-corrected chi connectivity index (χ2v) is 7.40. The highest BCUT2D eigenvalue weighted by Crippen LogP contribution is 2.19. The minimum absolute atomic E-state index is 0.162. The molecular formula is C19H27ClN4O. The van der Waals surface area contributed by atoms with E-state index >= 15 is 0 Å². The van der Waals surface area contributed by atoms with Gasteiger partial charge in [0.1, 0.15) is 5.82 Å². The number of hydrogen-bond acceptors (Lipinski definition) is 3. The van der Waals surface area contributed by atoms with Crippen LogP contribution in [-0.4, -0.2) is 47.0 Å². The quantitative estimate of drug-likeness (QED) is 0.741. The van der Waals surface area contributed by atoms with Gasteiger partial charge in [-0.25, -0.2) is 4.98 Å². The van der Waals surface area contributed by atoms with Gasteiger partial charge in [0.2, 0.25) is 5.91 Å². The highest BCUT2D eigenvalue weighted by molar-refractivity contribution is 6.31. The second-order valence-electron chi connectivity index (χ2n) is 6.97. The molecule has 1 aliphatic heterocycles. The Kier molecular flexibility index (Phi) is 6.32. The predicted octanol–water partition coefficient (Wildman–Crippen LogP) is 3.53. The van der Waals surface area contributed by atoms with Crippen LogP contribution in [0.1, 0.15) is 44.3 Å². The van der Waals surface area contributed by atoms with Crippen molar-refractivity contribution >= 4 is 28.5 Å². The SMILES string of the molecule is CN1CCCC[C@@H]1CCC(=O)NCCCc1nc2ccc(Cl)cc2[nH]1. The zero-order valence-corrected chi connectivity index (χ0v) is 15.6. The minimum atomic E-state index is 0.162. The third-order valence-corrected chi connectivity index (χ3v) is 5.27. The molecule has 0 bridgehead atoms. The molecule has 2 heterocycles. The van der Waals surface area contributed by atoms with Crippen molar-refractivity contribution < 1.29 is 4.79 Å². The Hall–Kier alpha value is -1.59. The summed E-state index contributed by atoms with van der Waals surface area (Å²) in [6.45, 7) is 1.85. The summed E-state index contributed by atoms with van der Waals surface area (Å²) in [4.78, 5) is 22.2. The number of amides is 1. The van der Waals surface area contributed by atoms with Gasteiger partial charge in [0.05, 0.1) is 11.0 Å². The number of carbonyl (C=O) groups is 1. The molecule has 0 aliphatic carbocycles. The summed E-state index contributed by atoms with van der Waals surface area (Å²) >= 11 is 5.99. The lowest BCUT2D eigenvalue weighted by Crippen LogP contribution is -2.37. The van der Waals surface area contributed by atoms with Crippen LogP contribution in [0.25, 0.3) is 11.0 Å². The molecule has 6 heteroatoms. The fourth-order valence-electron chi connectivity index (χ4n) is 3.53. The highest BCUT2D eigenvalue weighted by atomic mass is 35.5. The van der Waals surface area contributed by atoms with Crippen LogP contribution in [0.4, 0.5) is 0 Å². The standard InChI is InChI=1S/C19H27ClN4O/c1-24-12-3-2-5-15(24)8-10-19(25)21-11-4-6-18-22-16-9-7-14(20)13-17(16)23-18/h7,9,13,15H,2-6,8,10-12H2,1H3,(H,21,25)(H,22,23)/t15-/m1/s1. The number of nitrogens with zero attached hydrogens (tertiary/aromatic N) is 2. The molecule has 0 radical (unpaired) electrons. The van der Waals surface area contributed by atoms with Gasteiger partial charge >= 0.3 is 0 Å². The summed E-state index contributed by atoms with van der Waals surface area (Å²) in [5.41, 5.74) is 1.89. The molecule has 1 saturated heterocycles. The molecular weight excluding hydrogens is 336 g/mol.